The van der Waals surface area contributed by atoms with E-state index in [-0.39, 0.29) is 11.8 Å². The molecule has 1 aromatic heterocycles. The number of hydrogen-bond acceptors (Lipinski definition) is 3. The van der Waals surface area contributed by atoms with Crippen molar-refractivity contribution in [1.29, 1.82) is 5.41 Å². The van der Waals surface area contributed by atoms with E-state index in [2.05, 4.69) is 11.8 Å². The van der Waals surface area contributed by atoms with Crippen molar-refractivity contribution in [3.05, 3.63) is 21.3 Å². The second-order valence-electron chi connectivity index (χ2n) is 3.89. The van der Waals surface area contributed by atoms with Gasteiger partial charge in [-0.2, -0.15) is 0 Å². The van der Waals surface area contributed by atoms with Gasteiger partial charge in [0.2, 0.25) is 0 Å². The van der Waals surface area contributed by atoms with Gasteiger partial charge in [0, 0.05) is 23.9 Å². The lowest BCUT2D eigenvalue weighted by Crippen LogP contribution is -2.33. The van der Waals surface area contributed by atoms with E-state index >= 15 is 0 Å². The van der Waals surface area contributed by atoms with Gasteiger partial charge in [-0.1, -0.05) is 25.4 Å². The first-order valence-corrected chi connectivity index (χ1v) is 6.52. The number of thiophene rings is 1. The highest BCUT2D eigenvalue weighted by Crippen LogP contribution is 2.22. The van der Waals surface area contributed by atoms with E-state index in [9.17, 15) is 0 Å². The van der Waals surface area contributed by atoms with E-state index in [1.165, 1.54) is 4.88 Å². The summed E-state index contributed by atoms with van der Waals surface area (Å²) < 4.78 is 0.825. The average Bonchev–Trinajstić information content (AvgIpc) is 2.62. The molecule has 0 saturated carbocycles. The summed E-state index contributed by atoms with van der Waals surface area (Å²) in [6.07, 6.45) is 0. The third-order valence-electron chi connectivity index (χ3n) is 2.52. The Morgan fingerprint density at radius 2 is 2.31 bits per heavy atom. The maximum Gasteiger partial charge on any atom is 0.0947 e. The summed E-state index contributed by atoms with van der Waals surface area (Å²) in [4.78, 5) is 3.52. The number of nitrogens with zero attached hydrogens (tertiary/aromatic N) is 1. The summed E-state index contributed by atoms with van der Waals surface area (Å²) in [5.41, 5.74) is 5.47. The largest absolute Gasteiger partial charge is 0.387 e. The molecule has 0 bridgehead atoms. The number of hydrogen-bond donors (Lipinski definition) is 2. The Kier molecular flexibility index (Phi) is 5.25. The van der Waals surface area contributed by atoms with E-state index in [4.69, 9.17) is 22.7 Å². The first kappa shape index (κ1) is 13.5. The minimum Gasteiger partial charge on any atom is -0.387 e. The molecule has 0 aliphatic rings. The van der Waals surface area contributed by atoms with Crippen LogP contribution in [0.4, 0.5) is 0 Å². The van der Waals surface area contributed by atoms with Crippen molar-refractivity contribution in [1.82, 2.24) is 4.90 Å². The fourth-order valence-corrected chi connectivity index (χ4v) is 2.58. The van der Waals surface area contributed by atoms with Crippen LogP contribution in [0.1, 0.15) is 18.7 Å². The van der Waals surface area contributed by atoms with Gasteiger partial charge in [0.15, 0.2) is 0 Å². The molecule has 0 aromatic carbocycles. The van der Waals surface area contributed by atoms with E-state index in [0.29, 0.717) is 0 Å². The van der Waals surface area contributed by atoms with E-state index < -0.39 is 0 Å². The molecule has 0 aliphatic heterocycles. The Morgan fingerprint density at radius 3 is 2.75 bits per heavy atom. The Morgan fingerprint density at radius 1 is 1.62 bits per heavy atom. The molecule has 0 radical (unpaired) electrons. The zero-order valence-electron chi connectivity index (χ0n) is 9.66. The minimum atomic E-state index is 0.107. The van der Waals surface area contributed by atoms with Crippen LogP contribution in [0.15, 0.2) is 12.1 Å². The molecule has 1 heterocycles. The SMILES string of the molecule is CCN(Cc1ccc(Cl)s1)CC(C)C(=N)N. The quantitative estimate of drug-likeness (QED) is 0.610. The van der Waals surface area contributed by atoms with E-state index in [1.54, 1.807) is 11.3 Å². The van der Waals surface area contributed by atoms with Gasteiger partial charge in [-0.15, -0.1) is 11.3 Å². The van der Waals surface area contributed by atoms with Crippen molar-refractivity contribution in [3.8, 4) is 0 Å². The fraction of sp³-hybridized carbons (Fsp3) is 0.545. The van der Waals surface area contributed by atoms with Crippen LogP contribution < -0.4 is 5.73 Å². The van der Waals surface area contributed by atoms with Crippen LogP contribution in [0.3, 0.4) is 0 Å². The van der Waals surface area contributed by atoms with Gasteiger partial charge in [0.05, 0.1) is 10.2 Å². The highest BCUT2D eigenvalue weighted by atomic mass is 35.5. The van der Waals surface area contributed by atoms with Crippen molar-refractivity contribution in [2.45, 2.75) is 20.4 Å². The van der Waals surface area contributed by atoms with Gasteiger partial charge in [0.25, 0.3) is 0 Å². The van der Waals surface area contributed by atoms with Crippen LogP contribution in [0, 0.1) is 11.3 Å². The van der Waals surface area contributed by atoms with Crippen LogP contribution in [0.5, 0.6) is 0 Å². The number of halogens is 1. The molecule has 5 heteroatoms. The third-order valence-corrected chi connectivity index (χ3v) is 3.73. The molecule has 1 unspecified atom stereocenters. The summed E-state index contributed by atoms with van der Waals surface area (Å²) in [6, 6.07) is 3.97. The number of rotatable bonds is 6. The molecule has 3 nitrogen and oxygen atoms in total. The Bertz CT molecular complexity index is 351. The Hall–Kier alpha value is -0.580. The second kappa shape index (κ2) is 6.23. The van der Waals surface area contributed by atoms with Crippen LogP contribution in [-0.4, -0.2) is 23.8 Å². The predicted octanol–water partition coefficient (Wildman–Crippen LogP) is 2.80. The predicted molar refractivity (Wildman–Crippen MR) is 71.4 cm³/mol. The average molecular weight is 260 g/mol. The molecule has 0 spiro atoms. The van der Waals surface area contributed by atoms with Gasteiger partial charge >= 0.3 is 0 Å². The molecule has 1 atom stereocenters. The second-order valence-corrected chi connectivity index (χ2v) is 5.69. The summed E-state index contributed by atoms with van der Waals surface area (Å²) in [6.45, 7) is 6.74. The molecule has 3 N–H and O–H groups in total. The summed E-state index contributed by atoms with van der Waals surface area (Å²) >= 11 is 7.49. The highest BCUT2D eigenvalue weighted by Gasteiger charge is 2.12. The molecule has 1 aromatic rings. The molecular weight excluding hydrogens is 242 g/mol. The zero-order valence-corrected chi connectivity index (χ0v) is 11.2. The van der Waals surface area contributed by atoms with Crippen LogP contribution in [0.2, 0.25) is 4.34 Å². The standard InChI is InChI=1S/C11H18ClN3S/c1-3-15(6-8(2)11(13)14)7-9-4-5-10(12)16-9/h4-5,8H,3,6-7H2,1-2H3,(H3,13,14). The lowest BCUT2D eigenvalue weighted by Gasteiger charge is -2.22. The highest BCUT2D eigenvalue weighted by molar-refractivity contribution is 7.16. The van der Waals surface area contributed by atoms with Gasteiger partial charge in [-0.3, -0.25) is 10.3 Å². The van der Waals surface area contributed by atoms with Crippen molar-refractivity contribution in [3.63, 3.8) is 0 Å². The van der Waals surface area contributed by atoms with E-state index in [0.717, 1.165) is 24.0 Å². The molecule has 16 heavy (non-hydrogen) atoms. The topological polar surface area (TPSA) is 53.1 Å². The number of nitrogens with one attached hydrogen (secondary N) is 1. The normalized spacial score (nSPS) is 13.0. The van der Waals surface area contributed by atoms with Crippen LogP contribution >= 0.6 is 22.9 Å². The van der Waals surface area contributed by atoms with Crippen molar-refractivity contribution in [2.75, 3.05) is 13.1 Å². The molecule has 0 saturated heterocycles. The van der Waals surface area contributed by atoms with E-state index in [1.807, 2.05) is 19.1 Å². The molecular formula is C11H18ClN3S. The van der Waals surface area contributed by atoms with Crippen LogP contribution in [0.25, 0.3) is 0 Å². The summed E-state index contributed by atoms with van der Waals surface area (Å²) in [5, 5.41) is 7.39. The van der Waals surface area contributed by atoms with Crippen molar-refractivity contribution >= 4 is 28.8 Å². The number of amidine groups is 1. The molecule has 1 rings (SSSR count). The zero-order chi connectivity index (χ0) is 12.1. The molecule has 0 fully saturated rings. The monoisotopic (exact) mass is 259 g/mol. The van der Waals surface area contributed by atoms with Crippen molar-refractivity contribution < 1.29 is 0 Å². The number of nitrogens with two attached hydrogens (primary N) is 1. The fourth-order valence-electron chi connectivity index (χ4n) is 1.45. The van der Waals surface area contributed by atoms with Gasteiger partial charge in [-0.25, -0.2) is 0 Å². The first-order valence-electron chi connectivity index (χ1n) is 5.33. The maximum absolute atomic E-state index is 7.39. The third kappa shape index (κ3) is 4.12. The Labute approximate surface area is 106 Å². The smallest absolute Gasteiger partial charge is 0.0947 e. The first-order chi connectivity index (χ1) is 7.52. The minimum absolute atomic E-state index is 0.107. The lowest BCUT2D eigenvalue weighted by molar-refractivity contribution is 0.265. The summed E-state index contributed by atoms with van der Waals surface area (Å²) in [5.74, 6) is 0.359. The van der Waals surface area contributed by atoms with Gasteiger partial charge < -0.3 is 5.73 Å². The van der Waals surface area contributed by atoms with Crippen LogP contribution in [-0.2, 0) is 6.54 Å². The molecule has 0 amide bonds. The van der Waals surface area contributed by atoms with Crippen molar-refractivity contribution in [2.24, 2.45) is 11.7 Å². The summed E-state index contributed by atoms with van der Waals surface area (Å²) in [7, 11) is 0. The van der Waals surface area contributed by atoms with Gasteiger partial charge in [0.1, 0.15) is 0 Å². The van der Waals surface area contributed by atoms with Gasteiger partial charge in [-0.05, 0) is 18.7 Å². The lowest BCUT2D eigenvalue weighted by atomic mass is 10.1. The Balaban J connectivity index is 2.52. The maximum atomic E-state index is 7.39. The molecule has 0 aliphatic carbocycles. The molecule has 90 valence electrons.